The van der Waals surface area contributed by atoms with Gasteiger partial charge in [-0.2, -0.15) is 4.37 Å². The Bertz CT molecular complexity index is 1070. The van der Waals surface area contributed by atoms with Crippen LogP contribution in [0.1, 0.15) is 40.2 Å². The number of ether oxygens (including phenoxy) is 1. The highest BCUT2D eigenvalue weighted by molar-refractivity contribution is 7.09. The Kier molecular flexibility index (Phi) is 8.33. The second kappa shape index (κ2) is 11.2. The molecule has 0 amide bonds. The second-order valence-corrected chi connectivity index (χ2v) is 8.02. The molecule has 1 fully saturated rings. The van der Waals surface area contributed by atoms with E-state index in [0.29, 0.717) is 35.3 Å². The van der Waals surface area contributed by atoms with Crippen molar-refractivity contribution in [3.8, 4) is 0 Å². The molecule has 1 aromatic heterocycles. The molecule has 2 aromatic carbocycles. The van der Waals surface area contributed by atoms with Crippen LogP contribution in [0.3, 0.4) is 0 Å². The van der Waals surface area contributed by atoms with Crippen LogP contribution in [0.4, 0.5) is 5.13 Å². The molecule has 1 saturated heterocycles. The Morgan fingerprint density at radius 1 is 1.12 bits per heavy atom. The van der Waals surface area contributed by atoms with E-state index in [9.17, 15) is 4.79 Å². The van der Waals surface area contributed by atoms with E-state index in [4.69, 9.17) is 4.74 Å². The number of hydrogen-bond acceptors (Lipinski definition) is 6. The van der Waals surface area contributed by atoms with E-state index < -0.39 is 0 Å². The van der Waals surface area contributed by atoms with Gasteiger partial charge in [0.05, 0.1) is 13.2 Å². The number of hydrogen-bond donors (Lipinski definition) is 1. The third-order valence-electron chi connectivity index (χ3n) is 5.25. The number of aromatic nitrogens is 2. The number of nitrogens with zero attached hydrogens (tertiary/aromatic N) is 4. The zero-order valence-electron chi connectivity index (χ0n) is 18.0. The lowest BCUT2D eigenvalue weighted by Gasteiger charge is -2.29. The topological polar surface area (TPSA) is 79.7 Å². The first kappa shape index (κ1) is 23.8. The number of rotatable bonds is 5. The fourth-order valence-electron chi connectivity index (χ4n) is 3.46. The molecule has 7 nitrogen and oxygen atoms in total. The minimum Gasteiger partial charge on any atom is -0.378 e. The number of anilines is 1. The third kappa shape index (κ3) is 5.51. The predicted octanol–water partition coefficient (Wildman–Crippen LogP) is 4.07. The van der Waals surface area contributed by atoms with Crippen molar-refractivity contribution in [1.82, 2.24) is 14.3 Å². The lowest BCUT2D eigenvalue weighted by molar-refractivity contribution is 0.0680. The summed E-state index contributed by atoms with van der Waals surface area (Å²) in [5, 5.41) is 3.99. The molecule has 1 atom stereocenters. The average Bonchev–Trinajstić information content (AvgIpc) is 3.31. The second-order valence-electron chi connectivity index (χ2n) is 7.27. The number of benzene rings is 2. The molecule has 0 spiro atoms. The van der Waals surface area contributed by atoms with Gasteiger partial charge in [0.2, 0.25) is 5.13 Å². The van der Waals surface area contributed by atoms with E-state index in [-0.39, 0.29) is 24.1 Å². The van der Waals surface area contributed by atoms with Crippen molar-refractivity contribution in [2.75, 3.05) is 38.7 Å². The van der Waals surface area contributed by atoms with Gasteiger partial charge in [-0.3, -0.25) is 9.79 Å². The number of carbonyl (C=O) groups excluding carboxylic acids is 1. The molecule has 1 unspecified atom stereocenters. The Morgan fingerprint density at radius 3 is 2.56 bits per heavy atom. The zero-order chi connectivity index (χ0) is 21.6. The molecule has 1 N–H and O–H groups in total. The van der Waals surface area contributed by atoms with E-state index in [1.165, 1.54) is 11.5 Å². The molecule has 1 aliphatic rings. The zero-order valence-corrected chi connectivity index (χ0v) is 19.7. The number of guanidine groups is 1. The molecular weight excluding hydrogens is 446 g/mol. The van der Waals surface area contributed by atoms with E-state index >= 15 is 0 Å². The summed E-state index contributed by atoms with van der Waals surface area (Å²) in [7, 11) is 1.76. The van der Waals surface area contributed by atoms with Crippen molar-refractivity contribution in [3.63, 3.8) is 0 Å². The molecule has 32 heavy (non-hydrogen) atoms. The predicted molar refractivity (Wildman–Crippen MR) is 130 cm³/mol. The van der Waals surface area contributed by atoms with Gasteiger partial charge in [-0.25, -0.2) is 4.98 Å². The number of carbonyl (C=O) groups is 1. The molecule has 0 aliphatic carbocycles. The minimum absolute atomic E-state index is 0. The smallest absolute Gasteiger partial charge is 0.209 e. The first-order valence-electron chi connectivity index (χ1n) is 10.3. The summed E-state index contributed by atoms with van der Waals surface area (Å²) >= 11 is 1.31. The van der Waals surface area contributed by atoms with Crippen LogP contribution in [0.15, 0.2) is 59.6 Å². The number of halogens is 1. The van der Waals surface area contributed by atoms with Crippen molar-refractivity contribution in [2.24, 2.45) is 4.99 Å². The van der Waals surface area contributed by atoms with Crippen LogP contribution >= 0.6 is 23.9 Å². The van der Waals surface area contributed by atoms with Crippen LogP contribution in [0.2, 0.25) is 0 Å². The monoisotopic (exact) mass is 471 g/mol. The van der Waals surface area contributed by atoms with Crippen molar-refractivity contribution in [2.45, 2.75) is 12.8 Å². The normalized spacial score (nSPS) is 15.1. The molecule has 0 bridgehead atoms. The Labute approximate surface area is 198 Å². The highest BCUT2D eigenvalue weighted by atomic mass is 35.5. The van der Waals surface area contributed by atoms with Gasteiger partial charge in [0, 0.05) is 48.7 Å². The van der Waals surface area contributed by atoms with E-state index in [1.807, 2.05) is 54.6 Å². The molecule has 168 valence electrons. The lowest BCUT2D eigenvalue weighted by Crippen LogP contribution is -2.44. The lowest BCUT2D eigenvalue weighted by atomic mass is 9.95. The summed E-state index contributed by atoms with van der Waals surface area (Å²) in [6.45, 7) is 5.02. The van der Waals surface area contributed by atoms with Gasteiger partial charge in [0.15, 0.2) is 17.6 Å². The first-order valence-corrected chi connectivity index (χ1v) is 11.0. The molecule has 0 radical (unpaired) electrons. The third-order valence-corrected chi connectivity index (χ3v) is 5.90. The number of morpholine rings is 1. The van der Waals surface area contributed by atoms with Gasteiger partial charge in [0.1, 0.15) is 0 Å². The molecule has 9 heteroatoms. The van der Waals surface area contributed by atoms with Crippen molar-refractivity contribution >= 4 is 40.8 Å². The van der Waals surface area contributed by atoms with Gasteiger partial charge in [-0.1, -0.05) is 55.5 Å². The summed E-state index contributed by atoms with van der Waals surface area (Å²) in [6, 6.07) is 17.0. The van der Waals surface area contributed by atoms with Crippen LogP contribution in [0.25, 0.3) is 0 Å². The van der Waals surface area contributed by atoms with Crippen LogP contribution < -0.4 is 5.32 Å². The summed E-state index contributed by atoms with van der Waals surface area (Å²) in [4.78, 5) is 24.0. The molecule has 3 aromatic rings. The van der Waals surface area contributed by atoms with Crippen molar-refractivity contribution in [1.29, 1.82) is 0 Å². The maximum atomic E-state index is 12.8. The quantitative estimate of drug-likeness (QED) is 0.343. The number of ketones is 1. The highest BCUT2D eigenvalue weighted by Gasteiger charge is 2.19. The first-order chi connectivity index (χ1) is 15.2. The number of nitrogens with one attached hydrogen (secondary N) is 1. The van der Waals surface area contributed by atoms with E-state index in [1.54, 1.807) is 7.05 Å². The molecular formula is C23H26ClN5O2S. The fraction of sp³-hybridized carbons (Fsp3) is 0.304. The summed E-state index contributed by atoms with van der Waals surface area (Å²) in [6.07, 6.45) is 0. The number of aliphatic imine (C=N–C) groups is 1. The van der Waals surface area contributed by atoms with E-state index in [0.717, 1.165) is 24.6 Å². The van der Waals surface area contributed by atoms with E-state index in [2.05, 4.69) is 31.5 Å². The molecule has 1 aliphatic heterocycles. The van der Waals surface area contributed by atoms with Gasteiger partial charge in [-0.05, 0) is 11.6 Å². The van der Waals surface area contributed by atoms with Gasteiger partial charge >= 0.3 is 0 Å². The average molecular weight is 472 g/mol. The highest BCUT2D eigenvalue weighted by Crippen LogP contribution is 2.26. The van der Waals surface area contributed by atoms with Crippen LogP contribution in [-0.2, 0) is 4.74 Å². The van der Waals surface area contributed by atoms with Gasteiger partial charge in [-0.15, -0.1) is 12.4 Å². The van der Waals surface area contributed by atoms with Crippen molar-refractivity contribution in [3.05, 3.63) is 77.1 Å². The fourth-order valence-corrected chi connectivity index (χ4v) is 4.11. The van der Waals surface area contributed by atoms with Gasteiger partial charge < -0.3 is 15.0 Å². The minimum atomic E-state index is -0.0410. The largest absolute Gasteiger partial charge is 0.378 e. The van der Waals surface area contributed by atoms with Crippen LogP contribution in [0.5, 0.6) is 0 Å². The Hall–Kier alpha value is -2.81. The molecule has 0 saturated carbocycles. The van der Waals surface area contributed by atoms with Crippen molar-refractivity contribution < 1.29 is 9.53 Å². The maximum Gasteiger partial charge on any atom is 0.209 e. The van der Waals surface area contributed by atoms with Crippen LogP contribution in [-0.4, -0.2) is 59.4 Å². The Balaban J connectivity index is 0.00000289. The summed E-state index contributed by atoms with van der Waals surface area (Å²) in [5.74, 6) is 1.46. The molecule has 4 rings (SSSR count). The molecule has 2 heterocycles. The maximum absolute atomic E-state index is 12.8. The van der Waals surface area contributed by atoms with Gasteiger partial charge in [0.25, 0.3) is 0 Å². The standard InChI is InChI=1S/C23H25N5O2S.ClH/c1-16(18-9-6-10-19(15-18)20(29)17-7-4-3-5-8-17)21-25-23(31-27-21)26-22(24-2)28-11-13-30-14-12-28;/h3-10,15-16H,11-14H2,1-2H3,(H,24,25,26,27);1H. The Morgan fingerprint density at radius 2 is 1.84 bits per heavy atom. The SMILES string of the molecule is CN=C(Nc1nc(C(C)c2cccc(C(=O)c3ccccc3)c2)ns1)N1CCOCC1.Cl. The van der Waals surface area contributed by atoms with Crippen LogP contribution in [0, 0.1) is 0 Å². The summed E-state index contributed by atoms with van der Waals surface area (Å²) in [5.41, 5.74) is 2.35. The summed E-state index contributed by atoms with van der Waals surface area (Å²) < 4.78 is 9.95.